The molecule has 2 heterocycles. The Balaban J connectivity index is 2.05. The van der Waals surface area contributed by atoms with E-state index < -0.39 is 34.8 Å². The number of carbonyl (C=O) groups excluding carboxylic acids is 2. The van der Waals surface area contributed by atoms with Crippen molar-refractivity contribution in [2.75, 3.05) is 11.5 Å². The van der Waals surface area contributed by atoms with Gasteiger partial charge in [-0.1, -0.05) is 79.2 Å². The smallest absolute Gasteiger partial charge is 0.329 e. The summed E-state index contributed by atoms with van der Waals surface area (Å²) in [5, 5.41) is 10.7. The van der Waals surface area contributed by atoms with E-state index in [0.717, 1.165) is 21.3 Å². The van der Waals surface area contributed by atoms with Gasteiger partial charge in [0.05, 0.1) is 24.8 Å². The lowest BCUT2D eigenvalue weighted by Gasteiger charge is -2.37. The highest BCUT2D eigenvalue weighted by Crippen LogP contribution is 2.57. The number of anilines is 1. The van der Waals surface area contributed by atoms with Crippen LogP contribution in [0.25, 0.3) is 6.08 Å². The van der Waals surface area contributed by atoms with E-state index in [2.05, 4.69) is 22.0 Å². The van der Waals surface area contributed by atoms with E-state index in [0.29, 0.717) is 0 Å². The maximum atomic E-state index is 14.0. The molecule has 33 heavy (non-hydrogen) atoms. The van der Waals surface area contributed by atoms with Crippen molar-refractivity contribution in [2.45, 2.75) is 45.7 Å². The van der Waals surface area contributed by atoms with Gasteiger partial charge in [-0.25, -0.2) is 0 Å². The summed E-state index contributed by atoms with van der Waals surface area (Å²) < 4.78 is 6.38. The number of para-hydroxylation sites is 1. The lowest BCUT2D eigenvalue weighted by Crippen LogP contribution is -2.48. The normalized spacial score (nSPS) is 25.7. The number of rotatable bonds is 4. The molecule has 1 saturated heterocycles. The highest BCUT2D eigenvalue weighted by molar-refractivity contribution is 9.10. The first-order valence-electron chi connectivity index (χ1n) is 11.1. The molecule has 0 amide bonds. The Bertz CT molecular complexity index is 1160. The van der Waals surface area contributed by atoms with Crippen LogP contribution in [-0.4, -0.2) is 30.4 Å². The molecule has 1 fully saturated rings. The third kappa shape index (κ3) is 3.59. The highest BCUT2D eigenvalue weighted by Gasteiger charge is 2.67. The Morgan fingerprint density at radius 3 is 2.42 bits per heavy atom. The van der Waals surface area contributed by atoms with Gasteiger partial charge in [0.2, 0.25) is 0 Å². The molecule has 0 spiro atoms. The Hall–Kier alpha value is -2.91. The van der Waals surface area contributed by atoms with Crippen LogP contribution in [0.4, 0.5) is 5.69 Å². The van der Waals surface area contributed by atoms with E-state index in [1.165, 1.54) is 0 Å². The number of fused-ring (bicyclic) bond motifs is 3. The minimum absolute atomic E-state index is 0.0213. The number of hydrogen-bond donors (Lipinski definition) is 0. The van der Waals surface area contributed by atoms with Gasteiger partial charge in [-0.05, 0) is 36.2 Å². The fraction of sp³-hybridized carbons (Fsp3) is 0.370. The van der Waals surface area contributed by atoms with Crippen molar-refractivity contribution in [1.29, 1.82) is 5.26 Å². The van der Waals surface area contributed by atoms with Crippen molar-refractivity contribution in [1.82, 2.24) is 0 Å². The fourth-order valence-electron chi connectivity index (χ4n) is 5.10. The number of hydrogen-bond acceptors (Lipinski definition) is 5. The predicted molar refractivity (Wildman–Crippen MR) is 132 cm³/mol. The van der Waals surface area contributed by atoms with E-state index in [1.807, 2.05) is 86.4 Å². The molecular weight excluding hydrogens is 480 g/mol. The molecule has 0 aliphatic carbocycles. The van der Waals surface area contributed by atoms with Crippen LogP contribution >= 0.6 is 15.9 Å². The Labute approximate surface area is 203 Å². The molecule has 4 rings (SSSR count). The van der Waals surface area contributed by atoms with Crippen LogP contribution in [0.5, 0.6) is 0 Å². The topological polar surface area (TPSA) is 70.4 Å². The van der Waals surface area contributed by atoms with E-state index >= 15 is 0 Å². The van der Waals surface area contributed by atoms with Crippen LogP contribution in [0.1, 0.15) is 44.7 Å². The van der Waals surface area contributed by atoms with E-state index in [1.54, 1.807) is 6.92 Å². The van der Waals surface area contributed by atoms with Gasteiger partial charge in [0.1, 0.15) is 0 Å². The first-order valence-corrected chi connectivity index (χ1v) is 11.9. The van der Waals surface area contributed by atoms with Crippen LogP contribution in [0, 0.1) is 22.2 Å². The third-order valence-electron chi connectivity index (χ3n) is 6.58. The number of nitriles is 1. The number of ketones is 1. The molecule has 2 aliphatic heterocycles. The summed E-state index contributed by atoms with van der Waals surface area (Å²) >= 11 is 3.47. The summed E-state index contributed by atoms with van der Waals surface area (Å²) in [7, 11) is 0. The second-order valence-electron chi connectivity index (χ2n) is 9.56. The van der Waals surface area contributed by atoms with Gasteiger partial charge in [0.15, 0.2) is 11.2 Å². The van der Waals surface area contributed by atoms with Crippen molar-refractivity contribution in [3.05, 3.63) is 70.2 Å². The molecule has 5 nitrogen and oxygen atoms in total. The van der Waals surface area contributed by atoms with E-state index in [9.17, 15) is 14.9 Å². The molecule has 2 aliphatic rings. The molecule has 4 atom stereocenters. The van der Waals surface area contributed by atoms with Crippen molar-refractivity contribution in [3.63, 3.8) is 0 Å². The first-order chi connectivity index (χ1) is 15.7. The monoisotopic (exact) mass is 506 g/mol. The molecular formula is C27H27BrN2O3. The quantitative estimate of drug-likeness (QED) is 0.511. The molecule has 170 valence electrons. The van der Waals surface area contributed by atoms with Crippen molar-refractivity contribution in [2.24, 2.45) is 10.8 Å². The lowest BCUT2D eigenvalue weighted by molar-refractivity contribution is -0.152. The van der Waals surface area contributed by atoms with Gasteiger partial charge in [0.25, 0.3) is 0 Å². The van der Waals surface area contributed by atoms with Gasteiger partial charge >= 0.3 is 5.97 Å². The van der Waals surface area contributed by atoms with Crippen LogP contribution in [0.2, 0.25) is 0 Å². The van der Waals surface area contributed by atoms with Gasteiger partial charge < -0.3 is 9.64 Å². The zero-order valence-corrected chi connectivity index (χ0v) is 20.8. The maximum Gasteiger partial charge on any atom is 0.329 e. The Kier molecular flexibility index (Phi) is 5.96. The van der Waals surface area contributed by atoms with Gasteiger partial charge in [-0.3, -0.25) is 9.59 Å². The van der Waals surface area contributed by atoms with Gasteiger partial charge in [-0.2, -0.15) is 5.26 Å². The van der Waals surface area contributed by atoms with E-state index in [4.69, 9.17) is 4.74 Å². The number of halogens is 1. The van der Waals surface area contributed by atoms with Crippen molar-refractivity contribution in [3.8, 4) is 6.07 Å². The zero-order chi connectivity index (χ0) is 24.0. The van der Waals surface area contributed by atoms with Crippen molar-refractivity contribution >= 4 is 39.4 Å². The molecule has 2 aromatic carbocycles. The molecule has 6 heteroatoms. The molecule has 0 aromatic heterocycles. The maximum absolute atomic E-state index is 14.0. The molecule has 0 N–H and O–H groups in total. The lowest BCUT2D eigenvalue weighted by atomic mass is 9.67. The number of ether oxygens (including phenoxy) is 1. The average Bonchev–Trinajstić information content (AvgIpc) is 3.10. The fourth-order valence-corrected chi connectivity index (χ4v) is 5.37. The van der Waals surface area contributed by atoms with Crippen LogP contribution in [-0.2, 0) is 14.3 Å². The molecule has 0 saturated carbocycles. The summed E-state index contributed by atoms with van der Waals surface area (Å²) in [6, 6.07) is 16.3. The summed E-state index contributed by atoms with van der Waals surface area (Å²) in [6.07, 6.45) is 3.81. The number of benzene rings is 2. The Morgan fingerprint density at radius 2 is 1.82 bits per heavy atom. The number of esters is 1. The standard InChI is InChI=1S/C27H27BrN2O3/c1-5-33-25(32)27(16-29)21-15-12-17-8-6-7-9-20(17)30(21)23(24(31)26(2,3)4)22(27)18-10-13-19(28)14-11-18/h6-15,21-23H,5H2,1-4H3/t21-,22+,23+,27-/m1/s1. The minimum atomic E-state index is -1.58. The third-order valence-corrected chi connectivity index (χ3v) is 7.11. The molecule has 2 aromatic rings. The number of Topliss-reactive ketones (excluding diaryl/α,β-unsaturated/α-hetero) is 1. The minimum Gasteiger partial charge on any atom is -0.465 e. The van der Waals surface area contributed by atoms with E-state index in [-0.39, 0.29) is 12.4 Å². The SMILES string of the molecule is CCOC(=O)[C@@]1(C#N)[C@@H](c2ccc(Br)cc2)[C@@H](C(=O)C(C)(C)C)N2c3ccccc3C=C[C@@H]21. The van der Waals surface area contributed by atoms with Gasteiger partial charge in [-0.15, -0.1) is 0 Å². The number of nitrogens with zero attached hydrogens (tertiary/aromatic N) is 2. The highest BCUT2D eigenvalue weighted by atomic mass is 79.9. The number of carbonyl (C=O) groups is 2. The van der Waals surface area contributed by atoms with Crippen LogP contribution in [0.15, 0.2) is 59.1 Å². The second-order valence-corrected chi connectivity index (χ2v) is 10.5. The van der Waals surface area contributed by atoms with Crippen LogP contribution < -0.4 is 4.90 Å². The van der Waals surface area contributed by atoms with Crippen LogP contribution in [0.3, 0.4) is 0 Å². The summed E-state index contributed by atoms with van der Waals surface area (Å²) in [5.74, 6) is -1.32. The average molecular weight is 507 g/mol. The molecule has 0 unspecified atom stereocenters. The van der Waals surface area contributed by atoms with Gasteiger partial charge in [0, 0.05) is 21.5 Å². The second kappa shape index (κ2) is 8.46. The molecule has 0 radical (unpaired) electrons. The summed E-state index contributed by atoms with van der Waals surface area (Å²) in [6.45, 7) is 7.52. The molecule has 0 bridgehead atoms. The zero-order valence-electron chi connectivity index (χ0n) is 19.2. The summed E-state index contributed by atoms with van der Waals surface area (Å²) in [5.41, 5.74) is 0.290. The summed E-state index contributed by atoms with van der Waals surface area (Å²) in [4.78, 5) is 29.6. The Morgan fingerprint density at radius 1 is 1.15 bits per heavy atom. The van der Waals surface area contributed by atoms with Crippen molar-refractivity contribution < 1.29 is 14.3 Å². The first kappa shape index (κ1) is 23.3. The largest absolute Gasteiger partial charge is 0.465 e. The predicted octanol–water partition coefficient (Wildman–Crippen LogP) is 5.51.